The van der Waals surface area contributed by atoms with Crippen LogP contribution in [0.2, 0.25) is 0 Å². The Labute approximate surface area is 139 Å². The van der Waals surface area contributed by atoms with Crippen LogP contribution in [0.25, 0.3) is 17.3 Å². The molecule has 2 aromatic carbocycles. The van der Waals surface area contributed by atoms with Crippen molar-refractivity contribution in [3.8, 4) is 11.8 Å². The van der Waals surface area contributed by atoms with Crippen LogP contribution >= 0.6 is 0 Å². The molecular weight excluding hydrogens is 300 g/mol. The van der Waals surface area contributed by atoms with Crippen LogP contribution in [-0.2, 0) is 0 Å². The number of allylic oxidation sites excluding steroid dienone is 1. The van der Waals surface area contributed by atoms with Crippen LogP contribution in [0.4, 0.5) is 0 Å². The number of aromatic nitrogens is 1. The molecule has 0 saturated carbocycles. The number of carbonyl (C=O) groups is 1. The van der Waals surface area contributed by atoms with E-state index in [2.05, 4.69) is 6.07 Å². The molecule has 0 radical (unpaired) electrons. The van der Waals surface area contributed by atoms with E-state index in [-0.39, 0.29) is 5.56 Å². The molecule has 116 valence electrons. The predicted octanol–water partition coefficient (Wildman–Crippen LogP) is 4.24. The summed E-state index contributed by atoms with van der Waals surface area (Å²) in [5, 5.41) is 18.4. The molecule has 4 heteroatoms. The second-order valence-corrected chi connectivity index (χ2v) is 5.19. The lowest BCUT2D eigenvalue weighted by Crippen LogP contribution is -1.96. The van der Waals surface area contributed by atoms with Crippen molar-refractivity contribution in [3.05, 3.63) is 89.7 Å². The average molecular weight is 314 g/mol. The van der Waals surface area contributed by atoms with E-state index in [9.17, 15) is 10.1 Å². The Morgan fingerprint density at radius 3 is 2.25 bits per heavy atom. The normalized spacial score (nSPS) is 11.0. The van der Waals surface area contributed by atoms with Gasteiger partial charge in [0.15, 0.2) is 0 Å². The van der Waals surface area contributed by atoms with Gasteiger partial charge in [-0.25, -0.2) is 4.79 Å². The highest BCUT2D eigenvalue weighted by Gasteiger charge is 2.07. The molecule has 3 rings (SSSR count). The van der Waals surface area contributed by atoms with Crippen LogP contribution in [0.5, 0.6) is 0 Å². The molecule has 0 amide bonds. The number of hydrogen-bond acceptors (Lipinski definition) is 2. The first-order chi connectivity index (χ1) is 11.7. The van der Waals surface area contributed by atoms with Crippen molar-refractivity contribution in [2.24, 2.45) is 0 Å². The van der Waals surface area contributed by atoms with Gasteiger partial charge in [0.1, 0.15) is 0 Å². The molecular formula is C20H14N2O2. The SMILES string of the molecule is N#CC(=Cc1cccn1-c1ccccc1)c1ccc(C(=O)O)cc1. The largest absolute Gasteiger partial charge is 0.478 e. The summed E-state index contributed by atoms with van der Waals surface area (Å²) < 4.78 is 1.99. The van der Waals surface area contributed by atoms with E-state index in [1.807, 2.05) is 53.2 Å². The van der Waals surface area contributed by atoms with Crippen LogP contribution in [0.1, 0.15) is 21.6 Å². The van der Waals surface area contributed by atoms with E-state index in [1.165, 1.54) is 12.1 Å². The maximum Gasteiger partial charge on any atom is 0.335 e. The molecule has 1 N–H and O–H groups in total. The lowest BCUT2D eigenvalue weighted by molar-refractivity contribution is 0.0697. The Bertz CT molecular complexity index is 930. The summed E-state index contributed by atoms with van der Waals surface area (Å²) in [5.74, 6) is -0.984. The number of rotatable bonds is 4. The average Bonchev–Trinajstić information content (AvgIpc) is 3.08. The Morgan fingerprint density at radius 1 is 0.958 bits per heavy atom. The molecule has 1 aromatic heterocycles. The Hall–Kier alpha value is -3.58. The van der Waals surface area contributed by atoms with E-state index in [0.717, 1.165) is 11.4 Å². The van der Waals surface area contributed by atoms with Gasteiger partial charge in [-0.1, -0.05) is 30.3 Å². The third kappa shape index (κ3) is 3.11. The number of carboxylic acids is 1. The van der Waals surface area contributed by atoms with Crippen LogP contribution < -0.4 is 0 Å². The van der Waals surface area contributed by atoms with Crippen molar-refractivity contribution in [1.82, 2.24) is 4.57 Å². The summed E-state index contributed by atoms with van der Waals surface area (Å²) in [7, 11) is 0. The molecule has 3 aromatic rings. The highest BCUT2D eigenvalue weighted by Crippen LogP contribution is 2.21. The molecule has 4 nitrogen and oxygen atoms in total. The van der Waals surface area contributed by atoms with Gasteiger partial charge in [-0.15, -0.1) is 0 Å². The van der Waals surface area contributed by atoms with E-state index >= 15 is 0 Å². The summed E-state index contributed by atoms with van der Waals surface area (Å²) in [6, 6.07) is 22.2. The van der Waals surface area contributed by atoms with Gasteiger partial charge in [0.25, 0.3) is 0 Å². The summed E-state index contributed by atoms with van der Waals surface area (Å²) in [5.41, 5.74) is 3.24. The van der Waals surface area contributed by atoms with Crippen molar-refractivity contribution in [2.45, 2.75) is 0 Å². The Morgan fingerprint density at radius 2 is 1.62 bits per heavy atom. The first-order valence-electron chi connectivity index (χ1n) is 7.37. The molecule has 0 spiro atoms. The summed E-state index contributed by atoms with van der Waals surface area (Å²) in [4.78, 5) is 10.9. The van der Waals surface area contributed by atoms with E-state index in [0.29, 0.717) is 11.1 Å². The second-order valence-electron chi connectivity index (χ2n) is 5.19. The number of hydrogen-bond donors (Lipinski definition) is 1. The molecule has 1 heterocycles. The Balaban J connectivity index is 1.99. The van der Waals surface area contributed by atoms with E-state index in [4.69, 9.17) is 5.11 Å². The molecule has 0 atom stereocenters. The quantitative estimate of drug-likeness (QED) is 0.732. The highest BCUT2D eigenvalue weighted by molar-refractivity contribution is 5.92. The van der Waals surface area contributed by atoms with Crippen LogP contribution in [-0.4, -0.2) is 15.6 Å². The van der Waals surface area contributed by atoms with Crippen LogP contribution in [0.15, 0.2) is 72.9 Å². The predicted molar refractivity (Wildman–Crippen MR) is 92.7 cm³/mol. The number of carboxylic acid groups (broad SMARTS) is 1. The lowest BCUT2D eigenvalue weighted by Gasteiger charge is -2.07. The number of aromatic carboxylic acids is 1. The van der Waals surface area contributed by atoms with Gasteiger partial charge in [-0.05, 0) is 48.0 Å². The molecule has 24 heavy (non-hydrogen) atoms. The smallest absolute Gasteiger partial charge is 0.335 e. The van der Waals surface area contributed by atoms with Crippen molar-refractivity contribution in [1.29, 1.82) is 5.26 Å². The highest BCUT2D eigenvalue weighted by atomic mass is 16.4. The van der Waals surface area contributed by atoms with Crippen molar-refractivity contribution >= 4 is 17.6 Å². The van der Waals surface area contributed by atoms with Gasteiger partial charge in [0.05, 0.1) is 17.2 Å². The van der Waals surface area contributed by atoms with Crippen molar-refractivity contribution < 1.29 is 9.90 Å². The van der Waals surface area contributed by atoms with E-state index < -0.39 is 5.97 Å². The third-order valence-corrected chi connectivity index (χ3v) is 3.67. The number of nitriles is 1. The third-order valence-electron chi connectivity index (χ3n) is 3.67. The zero-order chi connectivity index (χ0) is 16.9. The summed E-state index contributed by atoms with van der Waals surface area (Å²) in [6.45, 7) is 0. The topological polar surface area (TPSA) is 66.0 Å². The first kappa shape index (κ1) is 15.3. The van der Waals surface area contributed by atoms with Gasteiger partial charge in [-0.3, -0.25) is 0 Å². The van der Waals surface area contributed by atoms with Gasteiger partial charge >= 0.3 is 5.97 Å². The maximum absolute atomic E-state index is 10.9. The fourth-order valence-electron chi connectivity index (χ4n) is 2.46. The minimum absolute atomic E-state index is 0.198. The molecule has 0 aliphatic carbocycles. The van der Waals surface area contributed by atoms with Gasteiger partial charge < -0.3 is 9.67 Å². The molecule has 0 saturated heterocycles. The summed E-state index contributed by atoms with van der Waals surface area (Å²) in [6.07, 6.45) is 3.73. The van der Waals surface area contributed by atoms with Crippen molar-refractivity contribution in [3.63, 3.8) is 0 Å². The maximum atomic E-state index is 10.9. The molecule has 0 unspecified atom stereocenters. The number of benzene rings is 2. The zero-order valence-corrected chi connectivity index (χ0v) is 12.8. The van der Waals surface area contributed by atoms with Crippen LogP contribution in [0.3, 0.4) is 0 Å². The van der Waals surface area contributed by atoms with E-state index in [1.54, 1.807) is 18.2 Å². The fraction of sp³-hybridized carbons (Fsp3) is 0. The zero-order valence-electron chi connectivity index (χ0n) is 12.8. The molecule has 0 fully saturated rings. The number of nitrogens with zero attached hydrogens (tertiary/aromatic N) is 2. The van der Waals surface area contributed by atoms with Gasteiger partial charge in [0.2, 0.25) is 0 Å². The van der Waals surface area contributed by atoms with Crippen molar-refractivity contribution in [2.75, 3.05) is 0 Å². The summed E-state index contributed by atoms with van der Waals surface area (Å²) >= 11 is 0. The second kappa shape index (κ2) is 6.67. The Kier molecular flexibility index (Phi) is 4.26. The minimum atomic E-state index is -0.984. The standard InChI is InChI=1S/C20H14N2O2/c21-14-17(15-8-10-16(11-9-15)20(23)24)13-19-7-4-12-22(19)18-5-2-1-3-6-18/h1-13H,(H,23,24). The lowest BCUT2D eigenvalue weighted by atomic mass is 10.0. The van der Waals surface area contributed by atoms with Gasteiger partial charge in [-0.2, -0.15) is 5.26 Å². The molecule has 0 aliphatic rings. The van der Waals surface area contributed by atoms with Crippen LogP contribution in [0, 0.1) is 11.3 Å². The monoisotopic (exact) mass is 314 g/mol. The molecule has 0 bridgehead atoms. The fourth-order valence-corrected chi connectivity index (χ4v) is 2.46. The van der Waals surface area contributed by atoms with Gasteiger partial charge in [0, 0.05) is 17.6 Å². The number of para-hydroxylation sites is 1. The molecule has 0 aliphatic heterocycles. The first-order valence-corrected chi connectivity index (χ1v) is 7.37. The minimum Gasteiger partial charge on any atom is -0.478 e.